The Balaban J connectivity index is 1.56. The molecule has 1 saturated carbocycles. The minimum Gasteiger partial charge on any atom is -0.376 e. The highest BCUT2D eigenvalue weighted by molar-refractivity contribution is 4.76. The van der Waals surface area contributed by atoms with Crippen molar-refractivity contribution in [3.05, 3.63) is 0 Å². The molecule has 3 nitrogen and oxygen atoms in total. The Bertz CT molecular complexity index is 229. The third-order valence-electron chi connectivity index (χ3n) is 4.47. The molecule has 1 aliphatic heterocycles. The van der Waals surface area contributed by atoms with Crippen LogP contribution in [0, 0.1) is 5.92 Å². The molecule has 0 amide bonds. The molecule has 1 saturated heterocycles. The zero-order chi connectivity index (χ0) is 12.8. The summed E-state index contributed by atoms with van der Waals surface area (Å²) in [6, 6.07) is 0.581. The highest BCUT2D eigenvalue weighted by atomic mass is 16.5. The largest absolute Gasteiger partial charge is 0.376 e. The number of nitrogens with one attached hydrogen (secondary N) is 1. The van der Waals surface area contributed by atoms with E-state index >= 15 is 0 Å². The van der Waals surface area contributed by atoms with Crippen LogP contribution in [-0.2, 0) is 4.74 Å². The van der Waals surface area contributed by atoms with Crippen molar-refractivity contribution in [1.29, 1.82) is 0 Å². The van der Waals surface area contributed by atoms with Gasteiger partial charge in [-0.15, -0.1) is 0 Å². The van der Waals surface area contributed by atoms with Gasteiger partial charge in [-0.25, -0.2) is 0 Å². The number of ether oxygens (including phenoxy) is 1. The summed E-state index contributed by atoms with van der Waals surface area (Å²) in [6.07, 6.45) is 7.64. The summed E-state index contributed by atoms with van der Waals surface area (Å²) in [5.41, 5.74) is 0. The Hall–Kier alpha value is -0.120. The van der Waals surface area contributed by atoms with E-state index in [-0.39, 0.29) is 0 Å². The van der Waals surface area contributed by atoms with E-state index in [9.17, 15) is 0 Å². The molecule has 0 spiro atoms. The quantitative estimate of drug-likeness (QED) is 0.762. The number of hydrogen-bond donors (Lipinski definition) is 1. The molecule has 1 aliphatic carbocycles. The fourth-order valence-corrected chi connectivity index (χ4v) is 3.20. The van der Waals surface area contributed by atoms with Crippen LogP contribution in [0.1, 0.15) is 46.0 Å². The average molecular weight is 254 g/mol. The molecule has 18 heavy (non-hydrogen) atoms. The van der Waals surface area contributed by atoms with E-state index in [2.05, 4.69) is 24.1 Å². The summed E-state index contributed by atoms with van der Waals surface area (Å²) < 4.78 is 5.66. The SMILES string of the molecule is CC1CN(CCNCC2CCCCC2)C(C)CO1. The smallest absolute Gasteiger partial charge is 0.0674 e. The van der Waals surface area contributed by atoms with Crippen molar-refractivity contribution >= 4 is 0 Å². The Kier molecular flexibility index (Phi) is 5.93. The van der Waals surface area contributed by atoms with Crippen LogP contribution in [0.3, 0.4) is 0 Å². The number of hydrogen-bond acceptors (Lipinski definition) is 3. The van der Waals surface area contributed by atoms with Crippen molar-refractivity contribution in [2.24, 2.45) is 5.92 Å². The van der Waals surface area contributed by atoms with Crippen molar-refractivity contribution < 1.29 is 4.74 Å². The molecule has 0 aromatic rings. The first-order valence-electron chi connectivity index (χ1n) is 7.82. The molecule has 1 N–H and O–H groups in total. The van der Waals surface area contributed by atoms with E-state index < -0.39 is 0 Å². The molecular formula is C15H30N2O. The highest BCUT2D eigenvalue weighted by Crippen LogP contribution is 2.22. The maximum atomic E-state index is 5.66. The molecule has 0 aromatic heterocycles. The van der Waals surface area contributed by atoms with Crippen molar-refractivity contribution in [3.8, 4) is 0 Å². The lowest BCUT2D eigenvalue weighted by Crippen LogP contribution is -2.49. The lowest BCUT2D eigenvalue weighted by atomic mass is 9.89. The molecule has 2 atom stereocenters. The second-order valence-corrected chi connectivity index (χ2v) is 6.20. The fourth-order valence-electron chi connectivity index (χ4n) is 3.20. The van der Waals surface area contributed by atoms with Gasteiger partial charge < -0.3 is 10.1 Å². The lowest BCUT2D eigenvalue weighted by Gasteiger charge is -2.36. The second kappa shape index (κ2) is 7.46. The fraction of sp³-hybridized carbons (Fsp3) is 1.00. The maximum Gasteiger partial charge on any atom is 0.0674 e. The highest BCUT2D eigenvalue weighted by Gasteiger charge is 2.22. The third kappa shape index (κ3) is 4.52. The minimum atomic E-state index is 0.402. The minimum absolute atomic E-state index is 0.402. The topological polar surface area (TPSA) is 24.5 Å². The number of morpholine rings is 1. The first-order valence-corrected chi connectivity index (χ1v) is 7.82. The van der Waals surface area contributed by atoms with E-state index in [1.165, 1.54) is 45.2 Å². The Morgan fingerprint density at radius 3 is 2.72 bits per heavy atom. The van der Waals surface area contributed by atoms with Gasteiger partial charge in [0, 0.05) is 25.7 Å². The molecule has 2 unspecified atom stereocenters. The van der Waals surface area contributed by atoms with Gasteiger partial charge in [0.05, 0.1) is 12.7 Å². The predicted molar refractivity (Wildman–Crippen MR) is 75.9 cm³/mol. The summed E-state index contributed by atoms with van der Waals surface area (Å²) >= 11 is 0. The first kappa shape index (κ1) is 14.3. The molecular weight excluding hydrogens is 224 g/mol. The molecule has 2 aliphatic rings. The summed E-state index contributed by atoms with van der Waals surface area (Å²) in [5, 5.41) is 3.66. The van der Waals surface area contributed by atoms with Gasteiger partial charge in [-0.3, -0.25) is 4.90 Å². The van der Waals surface area contributed by atoms with E-state index in [0.717, 1.165) is 25.6 Å². The summed E-state index contributed by atoms with van der Waals surface area (Å²) in [7, 11) is 0. The molecule has 0 radical (unpaired) electrons. The zero-order valence-corrected chi connectivity index (χ0v) is 12.2. The van der Waals surface area contributed by atoms with E-state index in [1.807, 2.05) is 0 Å². The maximum absolute atomic E-state index is 5.66. The van der Waals surface area contributed by atoms with Crippen LogP contribution >= 0.6 is 0 Å². The van der Waals surface area contributed by atoms with Gasteiger partial charge in [0.1, 0.15) is 0 Å². The summed E-state index contributed by atoms with van der Waals surface area (Å²) in [5.74, 6) is 0.944. The van der Waals surface area contributed by atoms with Crippen molar-refractivity contribution in [3.63, 3.8) is 0 Å². The van der Waals surface area contributed by atoms with Gasteiger partial charge in [-0.05, 0) is 39.2 Å². The normalized spacial score (nSPS) is 31.7. The Labute approximate surface area is 112 Å². The van der Waals surface area contributed by atoms with Crippen LogP contribution in [-0.4, -0.2) is 49.8 Å². The average Bonchev–Trinajstić information content (AvgIpc) is 2.40. The van der Waals surface area contributed by atoms with Crippen molar-refractivity contribution in [2.45, 2.75) is 58.1 Å². The van der Waals surface area contributed by atoms with Crippen LogP contribution in [0.5, 0.6) is 0 Å². The van der Waals surface area contributed by atoms with Gasteiger partial charge in [-0.2, -0.15) is 0 Å². The van der Waals surface area contributed by atoms with E-state index in [4.69, 9.17) is 4.74 Å². The summed E-state index contributed by atoms with van der Waals surface area (Å²) in [6.45, 7) is 9.96. The van der Waals surface area contributed by atoms with Crippen LogP contribution < -0.4 is 5.32 Å². The van der Waals surface area contributed by atoms with Gasteiger partial charge in [0.2, 0.25) is 0 Å². The Morgan fingerprint density at radius 2 is 1.94 bits per heavy atom. The number of nitrogens with zero attached hydrogens (tertiary/aromatic N) is 1. The molecule has 3 heteroatoms. The molecule has 2 fully saturated rings. The molecule has 1 heterocycles. The summed E-state index contributed by atoms with van der Waals surface area (Å²) in [4.78, 5) is 2.56. The van der Waals surface area contributed by atoms with Gasteiger partial charge in [0.15, 0.2) is 0 Å². The monoisotopic (exact) mass is 254 g/mol. The van der Waals surface area contributed by atoms with Crippen LogP contribution in [0.15, 0.2) is 0 Å². The van der Waals surface area contributed by atoms with Gasteiger partial charge in [0.25, 0.3) is 0 Å². The van der Waals surface area contributed by atoms with Gasteiger partial charge in [-0.1, -0.05) is 19.3 Å². The predicted octanol–water partition coefficient (Wildman–Crippen LogP) is 2.27. The standard InChI is InChI=1S/C15H30N2O/c1-13-12-18-14(2)11-17(13)9-8-16-10-15-6-4-3-5-7-15/h13-16H,3-12H2,1-2H3. The number of rotatable bonds is 5. The molecule has 2 rings (SSSR count). The van der Waals surface area contributed by atoms with Crippen LogP contribution in [0.25, 0.3) is 0 Å². The van der Waals surface area contributed by atoms with Crippen molar-refractivity contribution in [1.82, 2.24) is 10.2 Å². The van der Waals surface area contributed by atoms with E-state index in [1.54, 1.807) is 0 Å². The third-order valence-corrected chi connectivity index (χ3v) is 4.47. The van der Waals surface area contributed by atoms with E-state index in [0.29, 0.717) is 12.1 Å². The van der Waals surface area contributed by atoms with Crippen LogP contribution in [0.4, 0.5) is 0 Å². The molecule has 0 bridgehead atoms. The van der Waals surface area contributed by atoms with Crippen LogP contribution in [0.2, 0.25) is 0 Å². The molecule has 0 aromatic carbocycles. The molecule has 106 valence electrons. The zero-order valence-electron chi connectivity index (χ0n) is 12.2. The van der Waals surface area contributed by atoms with Crippen molar-refractivity contribution in [2.75, 3.05) is 32.8 Å². The first-order chi connectivity index (χ1) is 8.75. The Morgan fingerprint density at radius 1 is 1.17 bits per heavy atom. The van der Waals surface area contributed by atoms with Gasteiger partial charge >= 0.3 is 0 Å². The second-order valence-electron chi connectivity index (χ2n) is 6.20. The lowest BCUT2D eigenvalue weighted by molar-refractivity contribution is -0.0486.